The molecule has 2 nitrogen and oxygen atoms in total. The number of hydrogen-bond donors (Lipinski definition) is 1. The van der Waals surface area contributed by atoms with Gasteiger partial charge in [-0.1, -0.05) is 27.7 Å². The van der Waals surface area contributed by atoms with E-state index in [1.165, 1.54) is 52.0 Å². The van der Waals surface area contributed by atoms with Crippen molar-refractivity contribution in [1.29, 1.82) is 0 Å². The van der Waals surface area contributed by atoms with E-state index in [1.807, 2.05) is 0 Å². The van der Waals surface area contributed by atoms with Crippen LogP contribution in [0.5, 0.6) is 0 Å². The van der Waals surface area contributed by atoms with Gasteiger partial charge in [-0.2, -0.15) is 0 Å². The van der Waals surface area contributed by atoms with Crippen molar-refractivity contribution in [3.05, 3.63) is 0 Å². The number of rotatable bonds is 4. The van der Waals surface area contributed by atoms with E-state index in [0.717, 1.165) is 17.8 Å². The summed E-state index contributed by atoms with van der Waals surface area (Å²) < 4.78 is 0. The van der Waals surface area contributed by atoms with E-state index in [4.69, 9.17) is 0 Å². The number of hydrogen-bond acceptors (Lipinski definition) is 2. The van der Waals surface area contributed by atoms with Crippen LogP contribution in [0.2, 0.25) is 0 Å². The summed E-state index contributed by atoms with van der Waals surface area (Å²) >= 11 is 0. The summed E-state index contributed by atoms with van der Waals surface area (Å²) in [6.07, 6.45) is 4.20. The van der Waals surface area contributed by atoms with Crippen molar-refractivity contribution in [1.82, 2.24) is 10.2 Å². The third kappa shape index (κ3) is 3.48. The van der Waals surface area contributed by atoms with Gasteiger partial charge in [0.05, 0.1) is 0 Å². The van der Waals surface area contributed by atoms with Crippen LogP contribution < -0.4 is 5.32 Å². The molecule has 0 radical (unpaired) electrons. The molecule has 0 amide bonds. The summed E-state index contributed by atoms with van der Waals surface area (Å²) in [6, 6.07) is 0. The lowest BCUT2D eigenvalue weighted by molar-refractivity contribution is 0.110. The number of likely N-dealkylation sites (tertiary alicyclic amines) is 1. The van der Waals surface area contributed by atoms with Crippen molar-refractivity contribution in [3.8, 4) is 0 Å². The zero-order valence-electron chi connectivity index (χ0n) is 12.8. The Morgan fingerprint density at radius 1 is 1.28 bits per heavy atom. The van der Waals surface area contributed by atoms with Crippen LogP contribution in [-0.2, 0) is 0 Å². The van der Waals surface area contributed by atoms with Gasteiger partial charge in [0.1, 0.15) is 0 Å². The molecule has 0 bridgehead atoms. The summed E-state index contributed by atoms with van der Waals surface area (Å²) in [5.74, 6) is 2.66. The van der Waals surface area contributed by atoms with E-state index in [2.05, 4.69) is 37.9 Å². The highest BCUT2D eigenvalue weighted by Crippen LogP contribution is 2.34. The van der Waals surface area contributed by atoms with Gasteiger partial charge in [-0.15, -0.1) is 0 Å². The largest absolute Gasteiger partial charge is 0.316 e. The first-order valence-corrected chi connectivity index (χ1v) is 7.92. The van der Waals surface area contributed by atoms with Crippen molar-refractivity contribution in [3.63, 3.8) is 0 Å². The molecule has 2 saturated heterocycles. The summed E-state index contributed by atoms with van der Waals surface area (Å²) in [6.45, 7) is 16.1. The minimum absolute atomic E-state index is 0.472. The molecule has 2 heteroatoms. The lowest BCUT2D eigenvalue weighted by Gasteiger charge is -2.40. The smallest absolute Gasteiger partial charge is 0.00359 e. The molecule has 2 rings (SSSR count). The average molecular weight is 252 g/mol. The second kappa shape index (κ2) is 5.92. The number of piperidine rings is 1. The van der Waals surface area contributed by atoms with Crippen LogP contribution >= 0.6 is 0 Å². The Morgan fingerprint density at radius 2 is 2.06 bits per heavy atom. The van der Waals surface area contributed by atoms with Crippen LogP contribution in [0.25, 0.3) is 0 Å². The van der Waals surface area contributed by atoms with Crippen LogP contribution in [0.1, 0.15) is 47.0 Å². The maximum absolute atomic E-state index is 3.57. The van der Waals surface area contributed by atoms with Crippen molar-refractivity contribution in [2.75, 3.05) is 32.7 Å². The first-order valence-electron chi connectivity index (χ1n) is 7.92. The van der Waals surface area contributed by atoms with Crippen LogP contribution in [-0.4, -0.2) is 37.6 Å². The van der Waals surface area contributed by atoms with Crippen molar-refractivity contribution >= 4 is 0 Å². The monoisotopic (exact) mass is 252 g/mol. The van der Waals surface area contributed by atoms with Gasteiger partial charge < -0.3 is 10.2 Å². The van der Waals surface area contributed by atoms with Gasteiger partial charge in [0.2, 0.25) is 0 Å². The highest BCUT2D eigenvalue weighted by atomic mass is 15.2. The molecule has 106 valence electrons. The molecule has 2 unspecified atom stereocenters. The molecule has 0 aliphatic carbocycles. The van der Waals surface area contributed by atoms with Gasteiger partial charge in [-0.3, -0.25) is 0 Å². The highest BCUT2D eigenvalue weighted by Gasteiger charge is 2.34. The number of nitrogens with zero attached hydrogens (tertiary/aromatic N) is 1. The van der Waals surface area contributed by atoms with Gasteiger partial charge in [-0.05, 0) is 62.1 Å². The van der Waals surface area contributed by atoms with Crippen molar-refractivity contribution in [2.24, 2.45) is 23.2 Å². The Bertz CT molecular complexity index is 254. The Labute approximate surface area is 114 Å². The molecule has 1 N–H and O–H groups in total. The van der Waals surface area contributed by atoms with E-state index in [-0.39, 0.29) is 0 Å². The summed E-state index contributed by atoms with van der Waals surface area (Å²) in [5, 5.41) is 3.57. The van der Waals surface area contributed by atoms with Gasteiger partial charge in [0.25, 0.3) is 0 Å². The molecule has 0 aromatic rings. The standard InChI is InChI=1S/C16H32N2/c1-13(2)14-7-9-18(11-14)12-16(3,4)15-6-5-8-17-10-15/h13-15,17H,5-12H2,1-4H3. The Kier molecular flexibility index (Phi) is 4.71. The molecule has 0 aromatic heterocycles. The average Bonchev–Trinajstić information content (AvgIpc) is 2.78. The van der Waals surface area contributed by atoms with E-state index in [9.17, 15) is 0 Å². The minimum Gasteiger partial charge on any atom is -0.316 e. The van der Waals surface area contributed by atoms with Crippen LogP contribution in [0.4, 0.5) is 0 Å². The van der Waals surface area contributed by atoms with Gasteiger partial charge in [0, 0.05) is 13.1 Å². The van der Waals surface area contributed by atoms with E-state index >= 15 is 0 Å². The minimum atomic E-state index is 0.472. The molecule has 2 atom stereocenters. The molecule has 2 fully saturated rings. The quantitative estimate of drug-likeness (QED) is 0.827. The third-order valence-corrected chi connectivity index (χ3v) is 5.28. The predicted octanol–water partition coefficient (Wildman–Crippen LogP) is 2.99. The Hall–Kier alpha value is -0.0800. The second-order valence-corrected chi connectivity index (χ2v) is 7.56. The van der Waals surface area contributed by atoms with E-state index in [0.29, 0.717) is 5.41 Å². The molecule has 0 saturated carbocycles. The first-order chi connectivity index (χ1) is 8.49. The molecule has 18 heavy (non-hydrogen) atoms. The Morgan fingerprint density at radius 3 is 2.61 bits per heavy atom. The summed E-state index contributed by atoms with van der Waals surface area (Å²) in [7, 11) is 0. The van der Waals surface area contributed by atoms with Gasteiger partial charge in [0.15, 0.2) is 0 Å². The topological polar surface area (TPSA) is 15.3 Å². The maximum Gasteiger partial charge on any atom is 0.00359 e. The summed E-state index contributed by atoms with van der Waals surface area (Å²) in [4.78, 5) is 2.72. The fourth-order valence-electron chi connectivity index (χ4n) is 3.77. The molecule has 2 aliphatic rings. The second-order valence-electron chi connectivity index (χ2n) is 7.56. The zero-order valence-corrected chi connectivity index (χ0v) is 12.8. The fourth-order valence-corrected chi connectivity index (χ4v) is 3.77. The molecule has 2 heterocycles. The van der Waals surface area contributed by atoms with Crippen LogP contribution in [0.3, 0.4) is 0 Å². The zero-order chi connectivity index (χ0) is 13.2. The molecule has 0 spiro atoms. The first kappa shape index (κ1) is 14.3. The normalized spacial score (nSPS) is 31.2. The van der Waals surface area contributed by atoms with E-state index in [1.54, 1.807) is 0 Å². The van der Waals surface area contributed by atoms with Crippen molar-refractivity contribution < 1.29 is 0 Å². The molecular formula is C16H32N2. The summed E-state index contributed by atoms with van der Waals surface area (Å²) in [5.41, 5.74) is 0.472. The van der Waals surface area contributed by atoms with Gasteiger partial charge in [-0.25, -0.2) is 0 Å². The highest BCUT2D eigenvalue weighted by molar-refractivity contribution is 4.88. The molecular weight excluding hydrogens is 220 g/mol. The molecule has 2 aliphatic heterocycles. The lowest BCUT2D eigenvalue weighted by Crippen LogP contribution is -2.44. The van der Waals surface area contributed by atoms with Gasteiger partial charge >= 0.3 is 0 Å². The number of nitrogens with one attached hydrogen (secondary N) is 1. The SMILES string of the molecule is CC(C)C1CCN(CC(C)(C)C2CCCNC2)C1. The fraction of sp³-hybridized carbons (Fsp3) is 1.00. The van der Waals surface area contributed by atoms with Crippen molar-refractivity contribution in [2.45, 2.75) is 47.0 Å². The van der Waals surface area contributed by atoms with Crippen LogP contribution in [0.15, 0.2) is 0 Å². The maximum atomic E-state index is 3.57. The predicted molar refractivity (Wildman–Crippen MR) is 78.8 cm³/mol. The van der Waals surface area contributed by atoms with E-state index < -0.39 is 0 Å². The lowest BCUT2D eigenvalue weighted by atomic mass is 9.74. The third-order valence-electron chi connectivity index (χ3n) is 5.28. The Balaban J connectivity index is 1.84. The van der Waals surface area contributed by atoms with Crippen LogP contribution in [0, 0.1) is 23.2 Å². The molecule has 0 aromatic carbocycles.